The van der Waals surface area contributed by atoms with Gasteiger partial charge in [-0.05, 0) is 0 Å². The standard InChI is InChI=1S/C14H18O.ClH.Zr/c1-13(7-3-4-8-13)12(11-15)14(2)9-5-6-10-14;;/h3-10,12,15H,11H2,1-2H3;1H;/p-1. The molecular formula is C14H18ClOZr-. The summed E-state index contributed by atoms with van der Waals surface area (Å²) in [6.07, 6.45) is 17.0. The fraction of sp³-hybridized carbons (Fsp3) is 0.429. The molecule has 0 saturated carbocycles. The van der Waals surface area contributed by atoms with Crippen LogP contribution in [0.15, 0.2) is 48.6 Å². The summed E-state index contributed by atoms with van der Waals surface area (Å²) in [6, 6.07) is 0. The van der Waals surface area contributed by atoms with Crippen LogP contribution in [0.5, 0.6) is 0 Å². The summed E-state index contributed by atoms with van der Waals surface area (Å²) in [4.78, 5) is 0. The van der Waals surface area contributed by atoms with E-state index in [-0.39, 0.29) is 62.0 Å². The van der Waals surface area contributed by atoms with E-state index < -0.39 is 0 Å². The second-order valence-electron chi connectivity index (χ2n) is 4.90. The Kier molecular flexibility index (Phi) is 6.35. The number of aliphatic hydroxyl groups excluding tert-OH is 1. The predicted octanol–water partition coefficient (Wildman–Crippen LogP) is -0.139. The van der Waals surface area contributed by atoms with Gasteiger partial charge in [0.05, 0.1) is 0 Å². The summed E-state index contributed by atoms with van der Waals surface area (Å²) in [6.45, 7) is 4.56. The maximum Gasteiger partial charge on any atom is 0.0481 e. The van der Waals surface area contributed by atoms with Crippen LogP contribution < -0.4 is 12.4 Å². The second kappa shape index (κ2) is 6.32. The van der Waals surface area contributed by atoms with Gasteiger partial charge in [0, 0.05) is 49.6 Å². The Bertz CT molecular complexity index is 310. The van der Waals surface area contributed by atoms with Crippen LogP contribution in [-0.4, -0.2) is 11.7 Å². The first-order valence-corrected chi connectivity index (χ1v) is 5.46. The number of halogens is 1. The van der Waals surface area contributed by atoms with E-state index in [2.05, 4.69) is 62.5 Å². The molecule has 0 unspecified atom stereocenters. The van der Waals surface area contributed by atoms with Crippen LogP contribution in [0.3, 0.4) is 0 Å². The van der Waals surface area contributed by atoms with Crippen molar-refractivity contribution in [1.29, 1.82) is 0 Å². The molecule has 0 saturated heterocycles. The molecule has 1 nitrogen and oxygen atoms in total. The summed E-state index contributed by atoms with van der Waals surface area (Å²) in [5.41, 5.74) is -0.0506. The number of hydrogen-bond acceptors (Lipinski definition) is 1. The third-order valence-corrected chi connectivity index (χ3v) is 3.73. The van der Waals surface area contributed by atoms with Gasteiger partial charge in [0.2, 0.25) is 0 Å². The molecule has 0 amide bonds. The molecule has 0 aromatic carbocycles. The van der Waals surface area contributed by atoms with Crippen molar-refractivity contribution < 1.29 is 43.7 Å². The molecule has 0 heterocycles. The van der Waals surface area contributed by atoms with Crippen molar-refractivity contribution in [3.8, 4) is 0 Å². The zero-order valence-corrected chi connectivity index (χ0v) is 13.4. The molecule has 17 heavy (non-hydrogen) atoms. The van der Waals surface area contributed by atoms with Crippen molar-refractivity contribution in [2.24, 2.45) is 16.7 Å². The van der Waals surface area contributed by atoms with E-state index in [1.807, 2.05) is 0 Å². The monoisotopic (exact) mass is 327 g/mol. The molecule has 0 aliphatic heterocycles. The van der Waals surface area contributed by atoms with Crippen molar-refractivity contribution >= 4 is 0 Å². The minimum absolute atomic E-state index is 0. The van der Waals surface area contributed by atoms with Crippen LogP contribution in [0.4, 0.5) is 0 Å². The number of rotatable bonds is 3. The quantitative estimate of drug-likeness (QED) is 0.764. The summed E-state index contributed by atoms with van der Waals surface area (Å²) in [7, 11) is 0. The fourth-order valence-corrected chi connectivity index (χ4v) is 2.69. The van der Waals surface area contributed by atoms with Gasteiger partial charge in [-0.3, -0.25) is 0 Å². The fourth-order valence-electron chi connectivity index (χ4n) is 2.69. The summed E-state index contributed by atoms with van der Waals surface area (Å²) in [5.74, 6) is 0.204. The van der Waals surface area contributed by atoms with Gasteiger partial charge in [0.25, 0.3) is 0 Å². The van der Waals surface area contributed by atoms with Crippen LogP contribution in [0.1, 0.15) is 13.8 Å². The van der Waals surface area contributed by atoms with E-state index in [0.717, 1.165) is 0 Å². The molecule has 0 bridgehead atoms. The number of aliphatic hydroxyl groups is 1. The third kappa shape index (κ3) is 3.10. The Labute approximate surface area is 129 Å². The summed E-state index contributed by atoms with van der Waals surface area (Å²) >= 11 is 0. The van der Waals surface area contributed by atoms with Crippen molar-refractivity contribution in [3.05, 3.63) is 48.6 Å². The van der Waals surface area contributed by atoms with Gasteiger partial charge in [0.15, 0.2) is 0 Å². The first-order chi connectivity index (χ1) is 7.11. The minimum atomic E-state index is -0.0253. The van der Waals surface area contributed by atoms with Gasteiger partial charge < -0.3 is 17.5 Å². The van der Waals surface area contributed by atoms with Gasteiger partial charge in [-0.2, -0.15) is 0 Å². The van der Waals surface area contributed by atoms with Crippen LogP contribution in [0.25, 0.3) is 0 Å². The van der Waals surface area contributed by atoms with Gasteiger partial charge >= 0.3 is 0 Å². The summed E-state index contributed by atoms with van der Waals surface area (Å²) < 4.78 is 0. The van der Waals surface area contributed by atoms with E-state index in [1.165, 1.54) is 0 Å². The Morgan fingerprint density at radius 2 is 1.18 bits per heavy atom. The van der Waals surface area contributed by atoms with E-state index in [0.29, 0.717) is 0 Å². The average molecular weight is 329 g/mol. The zero-order valence-electron chi connectivity index (χ0n) is 10.2. The Morgan fingerprint density at radius 3 is 1.41 bits per heavy atom. The molecule has 3 heteroatoms. The predicted molar refractivity (Wildman–Crippen MR) is 63.3 cm³/mol. The SMILES string of the molecule is CC1(C(CO)C2(C)C=CC=C2)C=CC=C1.[Cl-].[Zr]. The first-order valence-electron chi connectivity index (χ1n) is 5.46. The largest absolute Gasteiger partial charge is 1.00 e. The molecular weight excluding hydrogens is 311 g/mol. The zero-order chi connectivity index (χ0) is 10.9. The smallest absolute Gasteiger partial charge is 0.0481 e. The molecule has 92 valence electrons. The Balaban J connectivity index is 0.00000128. The molecule has 0 atom stereocenters. The third-order valence-electron chi connectivity index (χ3n) is 3.73. The maximum absolute atomic E-state index is 9.64. The van der Waals surface area contributed by atoms with E-state index in [9.17, 15) is 5.11 Å². The average Bonchev–Trinajstić information content (AvgIpc) is 2.77. The molecule has 1 N–H and O–H groups in total. The molecule has 0 radical (unpaired) electrons. The number of hydrogen-bond donors (Lipinski definition) is 1. The molecule has 0 spiro atoms. The first kappa shape index (κ1) is 17.1. The van der Waals surface area contributed by atoms with Crippen molar-refractivity contribution in [2.45, 2.75) is 13.8 Å². The Morgan fingerprint density at radius 1 is 0.882 bits per heavy atom. The minimum Gasteiger partial charge on any atom is -1.00 e. The van der Waals surface area contributed by atoms with Crippen LogP contribution in [0.2, 0.25) is 0 Å². The van der Waals surface area contributed by atoms with Crippen molar-refractivity contribution in [2.75, 3.05) is 6.61 Å². The van der Waals surface area contributed by atoms with Crippen molar-refractivity contribution in [3.63, 3.8) is 0 Å². The van der Waals surface area contributed by atoms with E-state index in [4.69, 9.17) is 0 Å². The van der Waals surface area contributed by atoms with Gasteiger partial charge in [0.1, 0.15) is 0 Å². The normalized spacial score (nSPS) is 21.6. The molecule has 2 rings (SSSR count). The van der Waals surface area contributed by atoms with Crippen LogP contribution >= 0.6 is 0 Å². The van der Waals surface area contributed by atoms with Gasteiger partial charge in [-0.15, -0.1) is 0 Å². The van der Waals surface area contributed by atoms with Crippen molar-refractivity contribution in [1.82, 2.24) is 0 Å². The van der Waals surface area contributed by atoms with E-state index in [1.54, 1.807) is 0 Å². The molecule has 0 aromatic heterocycles. The molecule has 0 aromatic rings. The van der Waals surface area contributed by atoms with Gasteiger partial charge in [-0.25, -0.2) is 0 Å². The van der Waals surface area contributed by atoms with Crippen LogP contribution in [-0.2, 0) is 26.2 Å². The molecule has 2 aliphatic rings. The Hall–Kier alpha value is 0.0931. The molecule has 0 fully saturated rings. The number of allylic oxidation sites excluding steroid dienone is 8. The van der Waals surface area contributed by atoms with Crippen LogP contribution in [0, 0.1) is 16.7 Å². The van der Waals surface area contributed by atoms with Gasteiger partial charge in [-0.1, -0.05) is 62.5 Å². The molecule has 2 aliphatic carbocycles. The second-order valence-corrected chi connectivity index (χ2v) is 4.90. The van der Waals surface area contributed by atoms with E-state index >= 15 is 0 Å². The summed E-state index contributed by atoms with van der Waals surface area (Å²) in [5, 5.41) is 9.64. The topological polar surface area (TPSA) is 20.2 Å². The maximum atomic E-state index is 9.64.